The lowest BCUT2D eigenvalue weighted by Crippen LogP contribution is -2.18. The first-order chi connectivity index (χ1) is 12.9. The zero-order valence-electron chi connectivity index (χ0n) is 14.6. The number of amides is 1. The molecule has 8 nitrogen and oxygen atoms in total. The van der Waals surface area contributed by atoms with Gasteiger partial charge in [-0.3, -0.25) is 4.79 Å². The summed E-state index contributed by atoms with van der Waals surface area (Å²) in [6, 6.07) is 9.71. The molecule has 1 N–H and O–H groups in total. The van der Waals surface area contributed by atoms with Gasteiger partial charge >= 0.3 is 0 Å². The van der Waals surface area contributed by atoms with Crippen LogP contribution in [0.2, 0.25) is 0 Å². The number of hydrogen-bond acceptors (Lipinski definition) is 8. The van der Waals surface area contributed by atoms with Crippen LogP contribution in [0.1, 0.15) is 6.42 Å². The number of aromatic nitrogens is 2. The van der Waals surface area contributed by atoms with Crippen molar-refractivity contribution in [3.63, 3.8) is 0 Å². The highest BCUT2D eigenvalue weighted by molar-refractivity contribution is 7.91. The Kier molecular flexibility index (Phi) is 5.57. The van der Waals surface area contributed by atoms with E-state index in [0.717, 1.165) is 11.7 Å². The Labute approximate surface area is 160 Å². The molecule has 0 radical (unpaired) electrons. The maximum Gasteiger partial charge on any atom is 0.225 e. The minimum Gasteiger partial charge on any atom is -0.497 e. The predicted octanol–water partition coefficient (Wildman–Crippen LogP) is 2.51. The second kappa shape index (κ2) is 7.89. The second-order valence-electron chi connectivity index (χ2n) is 5.57. The van der Waals surface area contributed by atoms with E-state index in [-0.39, 0.29) is 17.1 Å². The summed E-state index contributed by atoms with van der Waals surface area (Å²) in [5.74, 6) is 0.223. The summed E-state index contributed by atoms with van der Waals surface area (Å²) in [6.45, 7) is 0. The second-order valence-corrected chi connectivity index (χ2v) is 8.18. The maximum atomic E-state index is 12.6. The highest BCUT2D eigenvalue weighted by Crippen LogP contribution is 2.29. The van der Waals surface area contributed by atoms with E-state index in [2.05, 4.69) is 14.1 Å². The van der Waals surface area contributed by atoms with Crippen LogP contribution in [0.15, 0.2) is 41.3 Å². The molecule has 0 aliphatic heterocycles. The van der Waals surface area contributed by atoms with E-state index >= 15 is 0 Å². The van der Waals surface area contributed by atoms with Crippen molar-refractivity contribution in [3.8, 4) is 11.5 Å². The highest BCUT2D eigenvalue weighted by Gasteiger charge is 2.21. The summed E-state index contributed by atoms with van der Waals surface area (Å²) in [5, 5.41) is 2.66. The average Bonchev–Trinajstić information content (AvgIpc) is 3.15. The smallest absolute Gasteiger partial charge is 0.225 e. The Bertz CT molecular complexity index is 1080. The van der Waals surface area contributed by atoms with Crippen molar-refractivity contribution in [2.75, 3.05) is 25.3 Å². The van der Waals surface area contributed by atoms with Gasteiger partial charge in [-0.25, -0.2) is 8.42 Å². The van der Waals surface area contributed by atoms with Crippen molar-refractivity contribution < 1.29 is 22.7 Å². The van der Waals surface area contributed by atoms with E-state index in [0.29, 0.717) is 28.2 Å². The third-order valence-electron chi connectivity index (χ3n) is 3.86. The number of methoxy groups -OCH3 is 2. The third-order valence-corrected chi connectivity index (χ3v) is 6.15. The van der Waals surface area contributed by atoms with Crippen molar-refractivity contribution in [1.82, 2.24) is 8.75 Å². The highest BCUT2D eigenvalue weighted by atomic mass is 32.2. The Morgan fingerprint density at radius 2 is 1.96 bits per heavy atom. The maximum absolute atomic E-state index is 12.6. The topological polar surface area (TPSA) is 107 Å². The first kappa shape index (κ1) is 19.1. The fourth-order valence-electron chi connectivity index (χ4n) is 2.48. The number of nitrogens with zero attached hydrogens (tertiary/aromatic N) is 2. The number of anilines is 1. The van der Waals surface area contributed by atoms with Gasteiger partial charge in [0.1, 0.15) is 22.5 Å². The number of sulfone groups is 1. The third kappa shape index (κ3) is 4.17. The summed E-state index contributed by atoms with van der Waals surface area (Å²) < 4.78 is 43.6. The SMILES string of the molecule is COc1ccc(NC(=O)CCS(=O)(=O)c2cccc3nsnc23)c(OC)c1. The summed E-state index contributed by atoms with van der Waals surface area (Å²) in [6.07, 6.45) is -0.203. The molecule has 142 valence electrons. The molecule has 0 spiro atoms. The van der Waals surface area contributed by atoms with Crippen LogP contribution in [0.3, 0.4) is 0 Å². The number of nitrogens with one attached hydrogen (secondary N) is 1. The van der Waals surface area contributed by atoms with Gasteiger partial charge in [-0.1, -0.05) is 6.07 Å². The van der Waals surface area contributed by atoms with Gasteiger partial charge in [0, 0.05) is 12.5 Å². The summed E-state index contributed by atoms with van der Waals surface area (Å²) in [5.41, 5.74) is 1.29. The van der Waals surface area contributed by atoms with E-state index in [1.54, 1.807) is 30.3 Å². The molecule has 0 unspecified atom stereocenters. The van der Waals surface area contributed by atoms with Crippen LogP contribution < -0.4 is 14.8 Å². The Balaban J connectivity index is 1.71. The summed E-state index contributed by atoms with van der Waals surface area (Å²) in [7, 11) is -0.685. The van der Waals surface area contributed by atoms with Crippen molar-refractivity contribution in [1.29, 1.82) is 0 Å². The molecule has 2 aromatic carbocycles. The van der Waals surface area contributed by atoms with Crippen LogP contribution in [-0.2, 0) is 14.6 Å². The van der Waals surface area contributed by atoms with Crippen molar-refractivity contribution in [3.05, 3.63) is 36.4 Å². The van der Waals surface area contributed by atoms with Gasteiger partial charge in [0.25, 0.3) is 0 Å². The Morgan fingerprint density at radius 3 is 2.70 bits per heavy atom. The van der Waals surface area contributed by atoms with Gasteiger partial charge < -0.3 is 14.8 Å². The Morgan fingerprint density at radius 1 is 1.15 bits per heavy atom. The lowest BCUT2D eigenvalue weighted by molar-refractivity contribution is -0.115. The molecule has 0 saturated carbocycles. The first-order valence-corrected chi connectivity index (χ1v) is 10.3. The number of rotatable bonds is 7. The fraction of sp³-hybridized carbons (Fsp3) is 0.235. The molecule has 1 heterocycles. The molecule has 3 rings (SSSR count). The molecule has 3 aromatic rings. The van der Waals surface area contributed by atoms with Crippen molar-refractivity contribution >= 4 is 44.2 Å². The molecule has 1 amide bonds. The number of fused-ring (bicyclic) bond motifs is 1. The number of benzene rings is 2. The van der Waals surface area contributed by atoms with Crippen LogP contribution >= 0.6 is 11.7 Å². The zero-order chi connectivity index (χ0) is 19.4. The lowest BCUT2D eigenvalue weighted by Gasteiger charge is -2.11. The van der Waals surface area contributed by atoms with E-state index in [4.69, 9.17) is 9.47 Å². The molecular formula is C17H17N3O5S2. The van der Waals surface area contributed by atoms with E-state index < -0.39 is 15.7 Å². The molecule has 0 saturated heterocycles. The van der Waals surface area contributed by atoms with Gasteiger partial charge in [0.05, 0.1) is 42.3 Å². The molecule has 0 aliphatic carbocycles. The predicted molar refractivity (Wildman–Crippen MR) is 102 cm³/mol. The molecule has 10 heteroatoms. The number of carbonyl (C=O) groups is 1. The fourth-order valence-corrected chi connectivity index (χ4v) is 4.50. The summed E-state index contributed by atoms with van der Waals surface area (Å²) >= 11 is 0.949. The Hall–Kier alpha value is -2.72. The zero-order valence-corrected chi connectivity index (χ0v) is 16.3. The minimum absolute atomic E-state index is 0.0866. The van der Waals surface area contributed by atoms with Gasteiger partial charge in [-0.05, 0) is 24.3 Å². The largest absolute Gasteiger partial charge is 0.497 e. The average molecular weight is 407 g/mol. The van der Waals surface area contributed by atoms with Gasteiger partial charge in [0.2, 0.25) is 5.91 Å². The molecule has 1 aromatic heterocycles. The van der Waals surface area contributed by atoms with E-state index in [9.17, 15) is 13.2 Å². The van der Waals surface area contributed by atoms with Gasteiger partial charge in [-0.2, -0.15) is 8.75 Å². The minimum atomic E-state index is -3.68. The quantitative estimate of drug-likeness (QED) is 0.641. The number of carbonyl (C=O) groups excluding carboxylic acids is 1. The first-order valence-electron chi connectivity index (χ1n) is 7.90. The molecule has 0 atom stereocenters. The van der Waals surface area contributed by atoms with Crippen molar-refractivity contribution in [2.45, 2.75) is 11.3 Å². The van der Waals surface area contributed by atoms with Crippen molar-refractivity contribution in [2.24, 2.45) is 0 Å². The van der Waals surface area contributed by atoms with Crippen LogP contribution in [0.4, 0.5) is 5.69 Å². The van der Waals surface area contributed by atoms with Gasteiger partial charge in [-0.15, -0.1) is 0 Å². The normalized spacial score (nSPS) is 11.3. The molecule has 0 aliphatic rings. The monoisotopic (exact) mass is 407 g/mol. The standard InChI is InChI=1S/C17H17N3O5S2/c1-24-11-6-7-12(14(10-11)25-2)18-16(21)8-9-27(22,23)15-5-3-4-13-17(15)20-26-19-13/h3-7,10H,8-9H2,1-2H3,(H,18,21). The van der Waals surface area contributed by atoms with Crippen LogP contribution in [-0.4, -0.2) is 43.0 Å². The van der Waals surface area contributed by atoms with E-state index in [1.807, 2.05) is 0 Å². The number of ether oxygens (including phenoxy) is 2. The number of hydrogen-bond donors (Lipinski definition) is 1. The van der Waals surface area contributed by atoms with Crippen LogP contribution in [0, 0.1) is 0 Å². The molecule has 0 bridgehead atoms. The summed E-state index contributed by atoms with van der Waals surface area (Å²) in [4.78, 5) is 12.3. The molecule has 0 fully saturated rings. The van der Waals surface area contributed by atoms with Gasteiger partial charge in [0.15, 0.2) is 9.84 Å². The lowest BCUT2D eigenvalue weighted by atomic mass is 10.2. The van der Waals surface area contributed by atoms with Crippen LogP contribution in [0.5, 0.6) is 11.5 Å². The van der Waals surface area contributed by atoms with Crippen LogP contribution in [0.25, 0.3) is 11.0 Å². The molecule has 27 heavy (non-hydrogen) atoms. The molecular weight excluding hydrogens is 390 g/mol. The van der Waals surface area contributed by atoms with E-state index in [1.165, 1.54) is 20.3 Å².